The summed E-state index contributed by atoms with van der Waals surface area (Å²) in [6, 6.07) is 12.8. The minimum absolute atomic E-state index is 0.105. The minimum Gasteiger partial charge on any atom is -0.399 e. The van der Waals surface area contributed by atoms with Crippen LogP contribution in [0, 0.1) is 0 Å². The first-order chi connectivity index (χ1) is 15.9. The summed E-state index contributed by atoms with van der Waals surface area (Å²) in [5, 5.41) is 0.956. The Morgan fingerprint density at radius 2 is 1.79 bits per heavy atom. The molecule has 1 aliphatic carbocycles. The first-order valence-corrected chi connectivity index (χ1v) is 12.1. The van der Waals surface area contributed by atoms with Crippen molar-refractivity contribution in [1.82, 2.24) is 9.88 Å². The van der Waals surface area contributed by atoms with Crippen LogP contribution in [-0.2, 0) is 10.2 Å². The van der Waals surface area contributed by atoms with E-state index in [1.807, 2.05) is 24.3 Å². The number of fused-ring (bicyclic) bond motifs is 4. The second-order valence-corrected chi connectivity index (χ2v) is 10.2. The minimum atomic E-state index is -0.297. The summed E-state index contributed by atoms with van der Waals surface area (Å²) in [4.78, 5) is 22.2. The van der Waals surface area contributed by atoms with E-state index >= 15 is 0 Å². The van der Waals surface area contributed by atoms with Gasteiger partial charge in [-0.1, -0.05) is 19.9 Å². The van der Waals surface area contributed by atoms with Crippen LogP contribution < -0.4 is 10.6 Å². The number of benzene rings is 2. The molecule has 33 heavy (non-hydrogen) atoms. The van der Waals surface area contributed by atoms with Crippen molar-refractivity contribution in [2.24, 2.45) is 0 Å². The molecule has 3 N–H and O–H groups in total. The van der Waals surface area contributed by atoms with Crippen LogP contribution in [0.5, 0.6) is 0 Å². The fourth-order valence-electron chi connectivity index (χ4n) is 6.06. The lowest BCUT2D eigenvalue weighted by Gasteiger charge is -2.41. The van der Waals surface area contributed by atoms with Gasteiger partial charge in [0.1, 0.15) is 0 Å². The zero-order valence-electron chi connectivity index (χ0n) is 19.5. The molecule has 0 atom stereocenters. The van der Waals surface area contributed by atoms with Crippen molar-refractivity contribution in [1.29, 1.82) is 0 Å². The third kappa shape index (κ3) is 3.27. The highest BCUT2D eigenvalue weighted by Gasteiger charge is 2.40. The highest BCUT2D eigenvalue weighted by molar-refractivity contribution is 6.20. The van der Waals surface area contributed by atoms with Gasteiger partial charge in [0.2, 0.25) is 0 Å². The molecule has 3 aliphatic rings. The van der Waals surface area contributed by atoms with Crippen LogP contribution in [0.15, 0.2) is 36.4 Å². The molecule has 172 valence electrons. The van der Waals surface area contributed by atoms with Crippen LogP contribution in [0.1, 0.15) is 53.9 Å². The number of nitrogen functional groups attached to an aromatic ring is 1. The number of carbonyl (C=O) groups excluding carboxylic acids is 1. The molecule has 2 fully saturated rings. The normalized spacial score (nSPS) is 21.3. The van der Waals surface area contributed by atoms with Crippen molar-refractivity contribution >= 4 is 28.1 Å². The van der Waals surface area contributed by atoms with Gasteiger partial charge in [-0.25, -0.2) is 0 Å². The molecular formula is C27H32N4O2. The second-order valence-electron chi connectivity index (χ2n) is 10.2. The number of piperidine rings is 1. The maximum atomic E-state index is 13.6. The average molecular weight is 445 g/mol. The lowest BCUT2D eigenvalue weighted by Crippen LogP contribution is -2.49. The van der Waals surface area contributed by atoms with E-state index in [9.17, 15) is 4.79 Å². The zero-order valence-corrected chi connectivity index (χ0v) is 19.5. The Morgan fingerprint density at radius 3 is 2.55 bits per heavy atom. The van der Waals surface area contributed by atoms with Crippen LogP contribution in [0.25, 0.3) is 10.9 Å². The number of hydrogen-bond acceptors (Lipinski definition) is 5. The lowest BCUT2D eigenvalue weighted by molar-refractivity contribution is 0.0115. The summed E-state index contributed by atoms with van der Waals surface area (Å²) in [5.41, 5.74) is 12.3. The highest BCUT2D eigenvalue weighted by atomic mass is 16.5. The molecule has 0 bridgehead atoms. The SMILES string of the molecule is CC1(C)c2cc(N3CCC(N4CCOCC4)CC3)ccc2C(=O)c2c1[nH]c1cc(N)ccc21. The largest absolute Gasteiger partial charge is 0.399 e. The van der Waals surface area contributed by atoms with Gasteiger partial charge in [-0.3, -0.25) is 9.69 Å². The number of ketones is 1. The van der Waals surface area contributed by atoms with Crippen LogP contribution in [-0.4, -0.2) is 61.1 Å². The van der Waals surface area contributed by atoms with Gasteiger partial charge < -0.3 is 20.4 Å². The number of H-pyrrole nitrogens is 1. The van der Waals surface area contributed by atoms with E-state index in [2.05, 4.69) is 40.8 Å². The number of rotatable bonds is 2. The standard InChI is InChI=1S/C27H32N4O2/c1-27(2)22-16-19(30-9-7-18(8-10-30)31-11-13-33-14-12-31)4-6-20(22)25(32)24-21-5-3-17(28)15-23(21)29-26(24)27/h3-6,15-16,18,29H,7-14,28H2,1-2H3. The van der Waals surface area contributed by atoms with E-state index in [4.69, 9.17) is 10.5 Å². The summed E-state index contributed by atoms with van der Waals surface area (Å²) in [6.07, 6.45) is 2.35. The topological polar surface area (TPSA) is 74.6 Å². The summed E-state index contributed by atoms with van der Waals surface area (Å²) >= 11 is 0. The summed E-state index contributed by atoms with van der Waals surface area (Å²) in [7, 11) is 0. The van der Waals surface area contributed by atoms with E-state index in [1.165, 1.54) is 18.5 Å². The summed E-state index contributed by atoms with van der Waals surface area (Å²) in [5.74, 6) is 0.105. The molecule has 3 aromatic rings. The maximum Gasteiger partial charge on any atom is 0.195 e. The van der Waals surface area contributed by atoms with E-state index in [1.54, 1.807) is 0 Å². The van der Waals surface area contributed by atoms with Crippen molar-refractivity contribution in [3.05, 3.63) is 58.8 Å². The predicted octanol–water partition coefficient (Wildman–Crippen LogP) is 3.92. The third-order valence-electron chi connectivity index (χ3n) is 7.99. The molecule has 0 spiro atoms. The third-order valence-corrected chi connectivity index (χ3v) is 7.99. The van der Waals surface area contributed by atoms with Gasteiger partial charge in [-0.15, -0.1) is 0 Å². The summed E-state index contributed by atoms with van der Waals surface area (Å²) in [6.45, 7) is 10.3. The monoisotopic (exact) mass is 444 g/mol. The fraction of sp³-hybridized carbons (Fsp3) is 0.444. The van der Waals surface area contributed by atoms with Gasteiger partial charge in [0, 0.05) is 71.2 Å². The van der Waals surface area contributed by atoms with Gasteiger partial charge in [-0.2, -0.15) is 0 Å². The molecule has 0 amide bonds. The van der Waals surface area contributed by atoms with Crippen molar-refractivity contribution in [2.75, 3.05) is 50.0 Å². The average Bonchev–Trinajstić information content (AvgIpc) is 3.23. The zero-order chi connectivity index (χ0) is 22.7. The molecule has 0 unspecified atom stereocenters. The first kappa shape index (κ1) is 20.8. The van der Waals surface area contributed by atoms with Gasteiger partial charge in [-0.05, 0) is 48.7 Å². The van der Waals surface area contributed by atoms with Crippen LogP contribution in [0.2, 0.25) is 0 Å². The molecular weight excluding hydrogens is 412 g/mol. The van der Waals surface area contributed by atoms with E-state index < -0.39 is 0 Å². The number of nitrogens with two attached hydrogens (primary N) is 1. The molecule has 0 saturated carbocycles. The molecule has 3 heterocycles. The number of hydrogen-bond donors (Lipinski definition) is 2. The van der Waals surface area contributed by atoms with Crippen molar-refractivity contribution in [2.45, 2.75) is 38.1 Å². The van der Waals surface area contributed by atoms with Gasteiger partial charge in [0.15, 0.2) is 5.78 Å². The van der Waals surface area contributed by atoms with Crippen LogP contribution in [0.3, 0.4) is 0 Å². The number of nitrogens with one attached hydrogen (secondary N) is 1. The van der Waals surface area contributed by atoms with Crippen LogP contribution >= 0.6 is 0 Å². The molecule has 1 aromatic heterocycles. The molecule has 6 nitrogen and oxygen atoms in total. The van der Waals surface area contributed by atoms with E-state index in [0.717, 1.165) is 72.7 Å². The van der Waals surface area contributed by atoms with Crippen molar-refractivity contribution in [3.63, 3.8) is 0 Å². The van der Waals surface area contributed by atoms with Crippen molar-refractivity contribution < 1.29 is 9.53 Å². The molecule has 2 aliphatic heterocycles. The smallest absolute Gasteiger partial charge is 0.195 e. The Balaban J connectivity index is 1.31. The Morgan fingerprint density at radius 1 is 1.03 bits per heavy atom. The molecule has 6 rings (SSSR count). The van der Waals surface area contributed by atoms with E-state index in [0.29, 0.717) is 11.7 Å². The summed E-state index contributed by atoms with van der Waals surface area (Å²) < 4.78 is 5.52. The maximum absolute atomic E-state index is 13.6. The number of morpholine rings is 1. The number of aromatic nitrogens is 1. The Hall–Kier alpha value is -2.83. The quantitative estimate of drug-likeness (QED) is 0.586. The van der Waals surface area contributed by atoms with Gasteiger partial charge in [0.05, 0.1) is 18.8 Å². The van der Waals surface area contributed by atoms with Gasteiger partial charge in [0.25, 0.3) is 0 Å². The number of nitrogens with zero attached hydrogens (tertiary/aromatic N) is 2. The Kier molecular flexibility index (Phi) is 4.78. The van der Waals surface area contributed by atoms with Crippen LogP contribution in [0.4, 0.5) is 11.4 Å². The predicted molar refractivity (Wildman–Crippen MR) is 132 cm³/mol. The molecule has 6 heteroatoms. The van der Waals surface area contributed by atoms with Crippen molar-refractivity contribution in [3.8, 4) is 0 Å². The number of ether oxygens (including phenoxy) is 1. The number of aromatic amines is 1. The second kappa shape index (κ2) is 7.61. The highest BCUT2D eigenvalue weighted by Crippen LogP contribution is 2.45. The number of carbonyl (C=O) groups is 1. The van der Waals surface area contributed by atoms with Gasteiger partial charge >= 0.3 is 0 Å². The first-order valence-electron chi connectivity index (χ1n) is 12.1. The molecule has 2 aromatic carbocycles. The van der Waals surface area contributed by atoms with E-state index in [-0.39, 0.29) is 11.2 Å². The number of anilines is 2. The molecule has 2 saturated heterocycles. The Labute approximate surface area is 194 Å². The Bertz CT molecular complexity index is 1230. The molecule has 0 radical (unpaired) electrons. The fourth-order valence-corrected chi connectivity index (χ4v) is 6.06. The lowest BCUT2D eigenvalue weighted by atomic mass is 9.71.